The monoisotopic (exact) mass is 742 g/mol. The molecule has 0 nitrogen and oxygen atoms in total. The minimum atomic E-state index is 0. The SMILES string of the molecule is CC(C)c1cc2c(-c3ccc(C(C)(C)C)cc3)cccc2[cH-]1.CCc1cc(-c2ccccc2)c2cc(C)[cH-]c2c1.Cl.Cl.[CH3-].[CH3-].[Si]=[Zr]. The van der Waals surface area contributed by atoms with E-state index in [1.165, 1.54) is 89.4 Å². The van der Waals surface area contributed by atoms with Gasteiger partial charge in [-0.15, -0.1) is 87.8 Å². The molecule has 0 aliphatic carbocycles. The predicted octanol–water partition coefficient (Wildman–Crippen LogP) is 13.1. The van der Waals surface area contributed by atoms with Crippen molar-refractivity contribution < 1.29 is 23.3 Å². The number of halogens is 2. The van der Waals surface area contributed by atoms with E-state index in [0.717, 1.165) is 6.42 Å². The molecule has 2 radical (unpaired) electrons. The third-order valence-corrected chi connectivity index (χ3v) is 8.02. The molecule has 0 saturated heterocycles. The van der Waals surface area contributed by atoms with Crippen LogP contribution in [0, 0.1) is 21.8 Å². The fourth-order valence-corrected chi connectivity index (χ4v) is 5.59. The minimum absolute atomic E-state index is 0. The third-order valence-electron chi connectivity index (χ3n) is 8.02. The van der Waals surface area contributed by atoms with Crippen LogP contribution in [0.5, 0.6) is 0 Å². The van der Waals surface area contributed by atoms with Gasteiger partial charge in [-0.3, -0.25) is 0 Å². The van der Waals surface area contributed by atoms with Crippen molar-refractivity contribution in [3.05, 3.63) is 146 Å². The van der Waals surface area contributed by atoms with Gasteiger partial charge in [0, 0.05) is 0 Å². The first-order valence-corrected chi connectivity index (χ1v) is 19.1. The third kappa shape index (κ3) is 10.4. The summed E-state index contributed by atoms with van der Waals surface area (Å²) in [7, 11) is 0. The quantitative estimate of drug-likeness (QED) is 0.125. The van der Waals surface area contributed by atoms with Crippen LogP contribution in [0.4, 0.5) is 0 Å². The topological polar surface area (TPSA) is 0 Å². The first-order valence-electron chi connectivity index (χ1n) is 14.9. The summed E-state index contributed by atoms with van der Waals surface area (Å²) in [5, 5.41) is 5.46. The number of fused-ring (bicyclic) bond motifs is 2. The molecular formula is C42H50Cl2SiZr-4. The van der Waals surface area contributed by atoms with E-state index in [2.05, 4.69) is 165 Å². The van der Waals surface area contributed by atoms with Gasteiger partial charge in [0.15, 0.2) is 0 Å². The second-order valence-electron chi connectivity index (χ2n) is 12.5. The second kappa shape index (κ2) is 19.6. The summed E-state index contributed by atoms with van der Waals surface area (Å²) >= 11 is 1.36. The zero-order chi connectivity index (χ0) is 30.4. The van der Waals surface area contributed by atoms with E-state index < -0.39 is 0 Å². The van der Waals surface area contributed by atoms with Crippen molar-refractivity contribution in [2.75, 3.05) is 0 Å². The molecule has 0 saturated carbocycles. The van der Waals surface area contributed by atoms with Crippen LogP contribution in [-0.4, -0.2) is 6.88 Å². The molecule has 0 aliphatic heterocycles. The summed E-state index contributed by atoms with van der Waals surface area (Å²) in [4.78, 5) is 0. The molecule has 0 bridgehead atoms. The zero-order valence-corrected chi connectivity index (χ0v) is 34.1. The molecule has 6 rings (SSSR count). The average Bonchev–Trinajstić information content (AvgIpc) is 3.61. The van der Waals surface area contributed by atoms with Crippen LogP contribution in [0.2, 0.25) is 0 Å². The molecule has 0 aromatic heterocycles. The van der Waals surface area contributed by atoms with Crippen molar-refractivity contribution in [1.29, 1.82) is 0 Å². The van der Waals surface area contributed by atoms with Crippen LogP contribution in [0.25, 0.3) is 43.8 Å². The Morgan fingerprint density at radius 2 is 1.26 bits per heavy atom. The molecule has 0 aliphatic rings. The van der Waals surface area contributed by atoms with E-state index in [1.807, 2.05) is 0 Å². The van der Waals surface area contributed by atoms with Crippen molar-refractivity contribution in [1.82, 2.24) is 0 Å². The van der Waals surface area contributed by atoms with Crippen molar-refractivity contribution in [2.45, 2.75) is 66.2 Å². The zero-order valence-electron chi connectivity index (χ0n) is 29.0. The van der Waals surface area contributed by atoms with E-state index in [9.17, 15) is 0 Å². The molecule has 4 heteroatoms. The molecule has 0 fully saturated rings. The van der Waals surface area contributed by atoms with Crippen LogP contribution in [-0.2, 0) is 35.2 Å². The number of rotatable bonds is 4. The van der Waals surface area contributed by atoms with Gasteiger partial charge >= 0.3 is 30.2 Å². The van der Waals surface area contributed by atoms with Crippen molar-refractivity contribution in [3.8, 4) is 22.3 Å². The van der Waals surface area contributed by atoms with Gasteiger partial charge in [-0.2, -0.15) is 12.1 Å². The Labute approximate surface area is 309 Å². The molecule has 0 unspecified atom stereocenters. The summed E-state index contributed by atoms with van der Waals surface area (Å²) in [6, 6.07) is 40.2. The maximum absolute atomic E-state index is 3.06. The van der Waals surface area contributed by atoms with Gasteiger partial charge in [0.25, 0.3) is 0 Å². The first kappa shape index (κ1) is 43.8. The Balaban J connectivity index is 0.000000782. The van der Waals surface area contributed by atoms with Crippen LogP contribution < -0.4 is 0 Å². The Morgan fingerprint density at radius 1 is 0.674 bits per heavy atom. The van der Waals surface area contributed by atoms with Crippen LogP contribution >= 0.6 is 24.8 Å². The molecular weight excluding hydrogens is 695 g/mol. The standard InChI is InChI=1S/C22H25.C18H17.2CH3.2ClH.Si.Zr/c1-15(2)18-13-17-7-6-8-20(21(17)14-18)16-9-11-19(12-10-16)22(3,4)5;1-3-14-11-16-9-13(2)10-17(16)18(12-14)15-7-5-4-6-8-15;;;;;;/h6-15H,1-5H3;4-12H,3H2,1-2H3;2*1H3;2*1H;;/q4*-1;;;;. The summed E-state index contributed by atoms with van der Waals surface area (Å²) in [6.45, 7) is 18.7. The molecule has 0 atom stereocenters. The normalized spacial score (nSPS) is 10.2. The molecule has 0 amide bonds. The van der Waals surface area contributed by atoms with Gasteiger partial charge < -0.3 is 14.9 Å². The number of hydrogen-bond acceptors (Lipinski definition) is 0. The van der Waals surface area contributed by atoms with Gasteiger partial charge in [-0.1, -0.05) is 132 Å². The van der Waals surface area contributed by atoms with Gasteiger partial charge in [-0.25, -0.2) is 0 Å². The predicted molar refractivity (Wildman–Crippen MR) is 210 cm³/mol. The summed E-state index contributed by atoms with van der Waals surface area (Å²) < 4.78 is 0. The van der Waals surface area contributed by atoms with E-state index >= 15 is 0 Å². The van der Waals surface area contributed by atoms with Crippen molar-refractivity contribution in [3.63, 3.8) is 0 Å². The number of benzene rings is 4. The Kier molecular flexibility index (Phi) is 18.6. The summed E-state index contributed by atoms with van der Waals surface area (Å²) in [5.41, 5.74) is 11.1. The molecule has 0 N–H and O–H groups in total. The van der Waals surface area contributed by atoms with E-state index in [4.69, 9.17) is 0 Å². The molecule has 6 aromatic carbocycles. The van der Waals surface area contributed by atoms with E-state index in [-0.39, 0.29) is 45.1 Å². The van der Waals surface area contributed by atoms with Gasteiger partial charge in [-0.05, 0) is 34.4 Å². The van der Waals surface area contributed by atoms with Gasteiger partial charge in [0.05, 0.1) is 0 Å². The average molecular weight is 745 g/mol. The fourth-order valence-electron chi connectivity index (χ4n) is 5.59. The van der Waals surface area contributed by atoms with Crippen LogP contribution in [0.1, 0.15) is 69.7 Å². The van der Waals surface area contributed by atoms with Gasteiger partial charge in [0.2, 0.25) is 0 Å². The van der Waals surface area contributed by atoms with Crippen LogP contribution in [0.15, 0.2) is 109 Å². The molecule has 0 spiro atoms. The Hall–Kier alpha value is -2.22. The molecule has 244 valence electrons. The van der Waals surface area contributed by atoms with E-state index in [1.54, 1.807) is 0 Å². The number of hydrogen-bond donors (Lipinski definition) is 0. The van der Waals surface area contributed by atoms with Crippen molar-refractivity contribution in [2.24, 2.45) is 0 Å². The first-order chi connectivity index (χ1) is 20.1. The van der Waals surface area contributed by atoms with Crippen molar-refractivity contribution >= 4 is 53.2 Å². The molecule has 6 aromatic rings. The summed E-state index contributed by atoms with van der Waals surface area (Å²) in [6.07, 6.45) is 1.08. The molecule has 0 heterocycles. The fraction of sp³-hybridized carbons (Fsp3) is 0.238. The van der Waals surface area contributed by atoms with E-state index in [0.29, 0.717) is 5.92 Å². The Bertz CT molecular complexity index is 1750. The summed E-state index contributed by atoms with van der Waals surface area (Å²) in [5.74, 6) is 0.573. The van der Waals surface area contributed by atoms with Crippen LogP contribution in [0.3, 0.4) is 0 Å². The molecule has 46 heavy (non-hydrogen) atoms. The number of aryl methyl sites for hydroxylation is 2. The van der Waals surface area contributed by atoms with Gasteiger partial charge in [0.1, 0.15) is 0 Å². The second-order valence-corrected chi connectivity index (χ2v) is 12.5. The Morgan fingerprint density at radius 3 is 1.83 bits per heavy atom. The maximum atomic E-state index is 3.06.